The topological polar surface area (TPSA) is 75.5 Å². The summed E-state index contributed by atoms with van der Waals surface area (Å²) < 4.78 is 45.1. The minimum atomic E-state index is -4.61. The first-order valence-corrected chi connectivity index (χ1v) is 7.91. The van der Waals surface area contributed by atoms with Gasteiger partial charge in [-0.15, -0.1) is 0 Å². The lowest BCUT2D eigenvalue weighted by molar-refractivity contribution is -0.139. The van der Waals surface area contributed by atoms with E-state index in [0.29, 0.717) is 11.3 Å². The smallest absolute Gasteiger partial charge is 0.421 e. The Kier molecular flexibility index (Phi) is 4.55. The molecule has 0 aliphatic carbocycles. The Balaban J connectivity index is 1.98. The SMILES string of the molecule is O=C(O)N1CCc2c(ncnc2Oc2cccc(Br)c2C(F)(F)F)C1. The Labute approximate surface area is 148 Å². The van der Waals surface area contributed by atoms with Gasteiger partial charge in [0, 0.05) is 16.6 Å². The van der Waals surface area contributed by atoms with E-state index in [1.165, 1.54) is 23.1 Å². The first kappa shape index (κ1) is 17.5. The van der Waals surface area contributed by atoms with Crippen molar-refractivity contribution in [2.45, 2.75) is 19.1 Å². The Morgan fingerprint density at radius 2 is 2.08 bits per heavy atom. The summed E-state index contributed by atoms with van der Waals surface area (Å²) >= 11 is 2.89. The van der Waals surface area contributed by atoms with Gasteiger partial charge in [-0.05, 0) is 18.6 Å². The van der Waals surface area contributed by atoms with Crippen molar-refractivity contribution in [3.05, 3.63) is 45.8 Å². The predicted octanol–water partition coefficient (Wildman–Crippen LogP) is 4.09. The quantitative estimate of drug-likeness (QED) is 0.796. The zero-order valence-electron chi connectivity index (χ0n) is 12.5. The Morgan fingerprint density at radius 1 is 1.32 bits per heavy atom. The molecule has 1 N–H and O–H groups in total. The van der Waals surface area contributed by atoms with Crippen molar-refractivity contribution in [3.8, 4) is 11.6 Å². The Bertz CT molecular complexity index is 829. The molecule has 1 amide bonds. The molecule has 1 aliphatic heterocycles. The maximum atomic E-state index is 13.3. The highest BCUT2D eigenvalue weighted by molar-refractivity contribution is 9.10. The van der Waals surface area contributed by atoms with E-state index >= 15 is 0 Å². The molecule has 0 fully saturated rings. The van der Waals surface area contributed by atoms with Crippen LogP contribution in [0.1, 0.15) is 16.8 Å². The number of aromatic nitrogens is 2. The summed E-state index contributed by atoms with van der Waals surface area (Å²) in [7, 11) is 0. The van der Waals surface area contributed by atoms with Crippen LogP contribution in [0.2, 0.25) is 0 Å². The lowest BCUT2D eigenvalue weighted by Crippen LogP contribution is -2.35. The molecule has 2 heterocycles. The lowest BCUT2D eigenvalue weighted by atomic mass is 10.1. The number of amides is 1. The number of halogens is 4. The van der Waals surface area contributed by atoms with Crippen molar-refractivity contribution in [1.29, 1.82) is 0 Å². The van der Waals surface area contributed by atoms with E-state index in [0.717, 1.165) is 6.33 Å². The van der Waals surface area contributed by atoms with Gasteiger partial charge in [-0.1, -0.05) is 22.0 Å². The molecule has 0 radical (unpaired) electrons. The van der Waals surface area contributed by atoms with Crippen LogP contribution >= 0.6 is 15.9 Å². The van der Waals surface area contributed by atoms with Crippen LogP contribution in [-0.4, -0.2) is 32.6 Å². The largest absolute Gasteiger partial charge is 0.465 e. The summed E-state index contributed by atoms with van der Waals surface area (Å²) in [4.78, 5) is 20.2. The van der Waals surface area contributed by atoms with E-state index in [4.69, 9.17) is 9.84 Å². The van der Waals surface area contributed by atoms with Crippen LogP contribution in [-0.2, 0) is 19.1 Å². The summed E-state index contributed by atoms with van der Waals surface area (Å²) in [6.07, 6.45) is -4.29. The molecule has 0 saturated heterocycles. The van der Waals surface area contributed by atoms with Crippen LogP contribution in [0.25, 0.3) is 0 Å². The summed E-state index contributed by atoms with van der Waals surface area (Å²) in [5.74, 6) is -0.387. The molecule has 1 aliphatic rings. The predicted molar refractivity (Wildman–Crippen MR) is 83.4 cm³/mol. The number of fused-ring (bicyclic) bond motifs is 1. The molecular weight excluding hydrogens is 407 g/mol. The van der Waals surface area contributed by atoms with Crippen LogP contribution in [0.5, 0.6) is 11.6 Å². The maximum absolute atomic E-state index is 13.3. The summed E-state index contributed by atoms with van der Waals surface area (Å²) in [6.45, 7) is 0.227. The van der Waals surface area contributed by atoms with Gasteiger partial charge in [0.25, 0.3) is 0 Å². The van der Waals surface area contributed by atoms with Gasteiger partial charge >= 0.3 is 12.3 Å². The van der Waals surface area contributed by atoms with Gasteiger partial charge < -0.3 is 14.7 Å². The fraction of sp³-hybridized carbons (Fsp3) is 0.267. The Morgan fingerprint density at radius 3 is 2.76 bits per heavy atom. The third-order valence-electron chi connectivity index (χ3n) is 3.70. The van der Waals surface area contributed by atoms with Gasteiger partial charge in [-0.25, -0.2) is 14.8 Å². The van der Waals surface area contributed by atoms with E-state index in [2.05, 4.69) is 25.9 Å². The van der Waals surface area contributed by atoms with Crippen LogP contribution in [0.3, 0.4) is 0 Å². The third kappa shape index (κ3) is 3.53. The van der Waals surface area contributed by atoms with Gasteiger partial charge in [-0.3, -0.25) is 0 Å². The second-order valence-electron chi connectivity index (χ2n) is 5.27. The molecule has 0 bridgehead atoms. The molecular formula is C15H11BrF3N3O3. The second-order valence-corrected chi connectivity index (χ2v) is 6.13. The highest BCUT2D eigenvalue weighted by atomic mass is 79.9. The monoisotopic (exact) mass is 417 g/mol. The molecule has 3 rings (SSSR count). The van der Waals surface area contributed by atoms with E-state index < -0.39 is 17.8 Å². The summed E-state index contributed by atoms with van der Waals surface area (Å²) in [6, 6.07) is 3.90. The van der Waals surface area contributed by atoms with Crippen molar-refractivity contribution in [3.63, 3.8) is 0 Å². The number of ether oxygens (including phenoxy) is 1. The molecule has 0 spiro atoms. The molecule has 6 nitrogen and oxygen atoms in total. The van der Waals surface area contributed by atoms with E-state index in [1.54, 1.807) is 0 Å². The lowest BCUT2D eigenvalue weighted by Gasteiger charge is -2.26. The number of rotatable bonds is 2. The van der Waals surface area contributed by atoms with E-state index in [1.807, 2.05) is 0 Å². The average Bonchev–Trinajstić information content (AvgIpc) is 2.53. The number of nitrogens with zero attached hydrogens (tertiary/aromatic N) is 3. The van der Waals surface area contributed by atoms with Gasteiger partial charge in [-0.2, -0.15) is 13.2 Å². The summed E-state index contributed by atoms with van der Waals surface area (Å²) in [5, 5.41) is 9.05. The zero-order chi connectivity index (χ0) is 18.2. The number of carboxylic acid groups (broad SMARTS) is 1. The highest BCUT2D eigenvalue weighted by Crippen LogP contribution is 2.42. The minimum Gasteiger partial charge on any atom is -0.465 e. The van der Waals surface area contributed by atoms with Crippen LogP contribution < -0.4 is 4.74 Å². The van der Waals surface area contributed by atoms with Crippen LogP contribution in [0, 0.1) is 0 Å². The molecule has 2 aromatic rings. The van der Waals surface area contributed by atoms with Crippen molar-refractivity contribution >= 4 is 22.0 Å². The molecule has 1 aromatic carbocycles. The number of alkyl halides is 3. The molecule has 132 valence electrons. The minimum absolute atomic E-state index is 0.00126. The number of hydrogen-bond acceptors (Lipinski definition) is 4. The third-order valence-corrected chi connectivity index (χ3v) is 4.36. The van der Waals surface area contributed by atoms with Gasteiger partial charge in [0.1, 0.15) is 17.6 Å². The van der Waals surface area contributed by atoms with Gasteiger partial charge in [0.15, 0.2) is 0 Å². The van der Waals surface area contributed by atoms with Crippen LogP contribution in [0.4, 0.5) is 18.0 Å². The second kappa shape index (κ2) is 6.51. The first-order valence-electron chi connectivity index (χ1n) is 7.11. The normalized spacial score (nSPS) is 14.2. The first-order chi connectivity index (χ1) is 11.8. The van der Waals surface area contributed by atoms with E-state index in [-0.39, 0.29) is 35.6 Å². The van der Waals surface area contributed by atoms with Crippen molar-refractivity contribution in [2.24, 2.45) is 0 Å². The Hall–Kier alpha value is -2.36. The number of hydrogen-bond donors (Lipinski definition) is 1. The molecule has 0 unspecified atom stereocenters. The standard InChI is InChI=1S/C15H11BrF3N3O3/c16-9-2-1-3-11(12(9)15(17,18)19)25-13-8-4-5-22(14(23)24)6-10(8)20-7-21-13/h1-3,7H,4-6H2,(H,23,24). The average molecular weight is 418 g/mol. The summed E-state index contributed by atoms with van der Waals surface area (Å²) in [5.41, 5.74) is -0.0133. The van der Waals surface area contributed by atoms with Gasteiger partial charge in [0.2, 0.25) is 5.88 Å². The molecule has 10 heteroatoms. The molecule has 1 aromatic heterocycles. The molecule has 25 heavy (non-hydrogen) atoms. The van der Waals surface area contributed by atoms with Gasteiger partial charge in [0.05, 0.1) is 12.2 Å². The van der Waals surface area contributed by atoms with Crippen molar-refractivity contribution in [1.82, 2.24) is 14.9 Å². The number of carbonyl (C=O) groups is 1. The molecule has 0 atom stereocenters. The van der Waals surface area contributed by atoms with E-state index in [9.17, 15) is 18.0 Å². The number of benzene rings is 1. The van der Waals surface area contributed by atoms with Crippen LogP contribution in [0.15, 0.2) is 29.0 Å². The van der Waals surface area contributed by atoms with Crippen molar-refractivity contribution in [2.75, 3.05) is 6.54 Å². The molecule has 0 saturated carbocycles. The zero-order valence-corrected chi connectivity index (χ0v) is 14.1. The maximum Gasteiger partial charge on any atom is 0.421 e. The highest BCUT2D eigenvalue weighted by Gasteiger charge is 2.37. The fourth-order valence-corrected chi connectivity index (χ4v) is 3.12. The fourth-order valence-electron chi connectivity index (χ4n) is 2.54. The van der Waals surface area contributed by atoms with Crippen molar-refractivity contribution < 1.29 is 27.8 Å².